The van der Waals surface area contributed by atoms with E-state index in [1.165, 1.54) is 19.3 Å². The third-order valence-electron chi connectivity index (χ3n) is 4.93. The summed E-state index contributed by atoms with van der Waals surface area (Å²) in [7, 11) is 0. The van der Waals surface area contributed by atoms with Crippen LogP contribution in [0.3, 0.4) is 0 Å². The first-order valence-electron chi connectivity index (χ1n) is 7.40. The van der Waals surface area contributed by atoms with Gasteiger partial charge in [-0.15, -0.1) is 12.4 Å². The second-order valence-corrected chi connectivity index (χ2v) is 7.06. The Hall–Kier alpha value is -0.580. The van der Waals surface area contributed by atoms with Crippen molar-refractivity contribution in [1.82, 2.24) is 5.32 Å². The van der Waals surface area contributed by atoms with Gasteiger partial charge < -0.3 is 10.6 Å². The Balaban J connectivity index is 0.00000161. The van der Waals surface area contributed by atoms with Crippen molar-refractivity contribution in [2.45, 2.75) is 32.6 Å². The smallest absolute Gasteiger partial charge is 0.232 e. The van der Waals surface area contributed by atoms with Crippen LogP contribution < -0.4 is 10.6 Å². The van der Waals surface area contributed by atoms with E-state index < -0.39 is 0 Å². The molecule has 2 atom stereocenters. The number of benzene rings is 1. The fourth-order valence-electron chi connectivity index (χ4n) is 3.70. The van der Waals surface area contributed by atoms with Gasteiger partial charge in [0.05, 0.1) is 5.41 Å². The molecule has 1 saturated carbocycles. The maximum absolute atomic E-state index is 12.8. The highest BCUT2D eigenvalue weighted by Gasteiger charge is 2.49. The highest BCUT2D eigenvalue weighted by atomic mass is 79.9. The third-order valence-corrected chi connectivity index (χ3v) is 5.42. The predicted molar refractivity (Wildman–Crippen MR) is 92.0 cm³/mol. The second-order valence-electron chi connectivity index (χ2n) is 6.14. The van der Waals surface area contributed by atoms with Crippen LogP contribution in [0.25, 0.3) is 0 Å². The molecule has 0 unspecified atom stereocenters. The molecule has 1 heterocycles. The zero-order valence-electron chi connectivity index (χ0n) is 12.2. The van der Waals surface area contributed by atoms with Gasteiger partial charge in [0.15, 0.2) is 0 Å². The average molecular weight is 374 g/mol. The topological polar surface area (TPSA) is 41.1 Å². The van der Waals surface area contributed by atoms with E-state index in [0.717, 1.165) is 35.2 Å². The molecule has 2 N–H and O–H groups in total. The van der Waals surface area contributed by atoms with Crippen molar-refractivity contribution in [3.05, 3.63) is 28.2 Å². The SMILES string of the molecule is Cc1cc(Br)ccc1NC(=O)[C@@]12CCCC[C@H]1CNC2.Cl. The summed E-state index contributed by atoms with van der Waals surface area (Å²) in [6.45, 7) is 3.86. The van der Waals surface area contributed by atoms with Crippen molar-refractivity contribution < 1.29 is 4.79 Å². The number of amides is 1. The summed E-state index contributed by atoms with van der Waals surface area (Å²) >= 11 is 3.46. The summed E-state index contributed by atoms with van der Waals surface area (Å²) in [5, 5.41) is 6.60. The predicted octanol–water partition coefficient (Wildman–Crippen LogP) is 3.90. The Bertz CT molecular complexity index is 537. The van der Waals surface area contributed by atoms with E-state index in [1.54, 1.807) is 0 Å². The van der Waals surface area contributed by atoms with Gasteiger partial charge in [0.25, 0.3) is 0 Å². The van der Waals surface area contributed by atoms with Crippen molar-refractivity contribution in [1.29, 1.82) is 0 Å². The molecule has 3 nitrogen and oxygen atoms in total. The van der Waals surface area contributed by atoms with E-state index in [9.17, 15) is 4.79 Å². The van der Waals surface area contributed by atoms with Gasteiger partial charge in [0.1, 0.15) is 0 Å². The fourth-order valence-corrected chi connectivity index (χ4v) is 4.18. The minimum absolute atomic E-state index is 0. The van der Waals surface area contributed by atoms with E-state index in [1.807, 2.05) is 25.1 Å². The van der Waals surface area contributed by atoms with Gasteiger partial charge in [-0.3, -0.25) is 4.79 Å². The molecule has 1 aliphatic heterocycles. The summed E-state index contributed by atoms with van der Waals surface area (Å²) in [6.07, 6.45) is 4.63. The Morgan fingerprint density at radius 3 is 3.00 bits per heavy atom. The molecule has 0 spiro atoms. The van der Waals surface area contributed by atoms with Gasteiger partial charge in [-0.2, -0.15) is 0 Å². The molecule has 0 bridgehead atoms. The number of rotatable bonds is 2. The molecule has 1 amide bonds. The normalized spacial score (nSPS) is 27.6. The van der Waals surface area contributed by atoms with Gasteiger partial charge >= 0.3 is 0 Å². The van der Waals surface area contributed by atoms with Crippen molar-refractivity contribution >= 4 is 39.9 Å². The summed E-state index contributed by atoms with van der Waals surface area (Å²) in [4.78, 5) is 12.8. The quantitative estimate of drug-likeness (QED) is 0.825. The van der Waals surface area contributed by atoms with Gasteiger partial charge in [-0.25, -0.2) is 0 Å². The minimum Gasteiger partial charge on any atom is -0.325 e. The lowest BCUT2D eigenvalue weighted by Crippen LogP contribution is -2.44. The molecule has 0 radical (unpaired) electrons. The van der Waals surface area contributed by atoms with Gasteiger partial charge in [0, 0.05) is 16.7 Å². The number of carbonyl (C=O) groups is 1. The lowest BCUT2D eigenvalue weighted by Gasteiger charge is -2.37. The second kappa shape index (κ2) is 6.67. The van der Waals surface area contributed by atoms with Crippen LogP contribution in [0.5, 0.6) is 0 Å². The van der Waals surface area contributed by atoms with Crippen molar-refractivity contribution in [2.24, 2.45) is 11.3 Å². The Labute approximate surface area is 140 Å². The minimum atomic E-state index is -0.183. The third kappa shape index (κ3) is 3.13. The molecule has 3 rings (SSSR count). The molecule has 116 valence electrons. The molecule has 2 fully saturated rings. The number of hydrogen-bond donors (Lipinski definition) is 2. The highest BCUT2D eigenvalue weighted by molar-refractivity contribution is 9.10. The Morgan fingerprint density at radius 1 is 1.43 bits per heavy atom. The van der Waals surface area contributed by atoms with Crippen LogP contribution >= 0.6 is 28.3 Å². The maximum atomic E-state index is 12.8. The van der Waals surface area contributed by atoms with Gasteiger partial charge in [-0.05, 0) is 56.0 Å². The van der Waals surface area contributed by atoms with Crippen LogP contribution in [0.4, 0.5) is 5.69 Å². The first-order chi connectivity index (χ1) is 9.62. The average Bonchev–Trinajstić information content (AvgIpc) is 2.87. The van der Waals surface area contributed by atoms with Crippen LogP contribution in [-0.4, -0.2) is 19.0 Å². The standard InChI is InChI=1S/C16H21BrN2O.ClH/c1-11-8-13(17)5-6-14(11)19-15(20)16-7-3-2-4-12(16)9-18-10-16;/h5-6,8,12,18H,2-4,7,9-10H2,1H3,(H,19,20);1H/t12-,16+;/m0./s1. The summed E-state index contributed by atoms with van der Waals surface area (Å²) in [5.74, 6) is 0.713. The van der Waals surface area contributed by atoms with Crippen LogP contribution in [0.15, 0.2) is 22.7 Å². The Kier molecular flexibility index (Phi) is 5.33. The number of carbonyl (C=O) groups excluding carboxylic acids is 1. The number of anilines is 1. The van der Waals surface area contributed by atoms with Crippen molar-refractivity contribution in [3.8, 4) is 0 Å². The number of fused-ring (bicyclic) bond motifs is 1. The van der Waals surface area contributed by atoms with Gasteiger partial charge in [-0.1, -0.05) is 28.8 Å². The van der Waals surface area contributed by atoms with Crippen LogP contribution in [0, 0.1) is 18.3 Å². The molecule has 2 aliphatic rings. The summed E-state index contributed by atoms with van der Waals surface area (Å²) in [5.41, 5.74) is 1.85. The lowest BCUT2D eigenvalue weighted by atomic mass is 9.67. The zero-order valence-corrected chi connectivity index (χ0v) is 14.6. The van der Waals surface area contributed by atoms with Crippen molar-refractivity contribution in [2.75, 3.05) is 18.4 Å². The number of hydrogen-bond acceptors (Lipinski definition) is 2. The van der Waals surface area contributed by atoms with Crippen molar-refractivity contribution in [3.63, 3.8) is 0 Å². The van der Waals surface area contributed by atoms with E-state index in [2.05, 4.69) is 26.6 Å². The molecule has 0 aromatic heterocycles. The molecule has 1 saturated heterocycles. The van der Waals surface area contributed by atoms with E-state index in [0.29, 0.717) is 5.92 Å². The molecule has 21 heavy (non-hydrogen) atoms. The first kappa shape index (κ1) is 16.8. The maximum Gasteiger partial charge on any atom is 0.232 e. The number of halogens is 2. The molecule has 1 aromatic carbocycles. The lowest BCUT2D eigenvalue weighted by molar-refractivity contribution is -0.128. The first-order valence-corrected chi connectivity index (χ1v) is 8.19. The monoisotopic (exact) mass is 372 g/mol. The largest absolute Gasteiger partial charge is 0.325 e. The summed E-state index contributed by atoms with van der Waals surface area (Å²) < 4.78 is 1.05. The highest BCUT2D eigenvalue weighted by Crippen LogP contribution is 2.44. The molecule has 1 aromatic rings. The van der Waals surface area contributed by atoms with Crippen LogP contribution in [0.2, 0.25) is 0 Å². The summed E-state index contributed by atoms with van der Waals surface area (Å²) in [6, 6.07) is 6.00. The van der Waals surface area contributed by atoms with Crippen LogP contribution in [0.1, 0.15) is 31.2 Å². The number of aryl methyl sites for hydroxylation is 1. The fraction of sp³-hybridized carbons (Fsp3) is 0.562. The molecular weight excluding hydrogens is 352 g/mol. The van der Waals surface area contributed by atoms with Crippen LogP contribution in [-0.2, 0) is 4.79 Å². The Morgan fingerprint density at radius 2 is 2.24 bits per heavy atom. The van der Waals surface area contributed by atoms with Gasteiger partial charge in [0.2, 0.25) is 5.91 Å². The molecule has 5 heteroatoms. The molecule has 1 aliphatic carbocycles. The number of nitrogens with one attached hydrogen (secondary N) is 2. The molecular formula is C16H22BrClN2O. The zero-order chi connectivity index (χ0) is 14.2. The van der Waals surface area contributed by atoms with E-state index in [4.69, 9.17) is 0 Å². The van der Waals surface area contributed by atoms with E-state index in [-0.39, 0.29) is 23.7 Å². The van der Waals surface area contributed by atoms with E-state index >= 15 is 0 Å².